The van der Waals surface area contributed by atoms with Crippen LogP contribution in [-0.4, -0.2) is 22.0 Å². The minimum Gasteiger partial charge on any atom is -0.550 e. The second kappa shape index (κ2) is 4.08. The lowest BCUT2D eigenvalue weighted by molar-refractivity contribution is -0.331. The van der Waals surface area contributed by atoms with Crippen LogP contribution in [0.25, 0.3) is 0 Å². The lowest BCUT2D eigenvalue weighted by atomic mass is 9.48. The summed E-state index contributed by atoms with van der Waals surface area (Å²) in [6.07, 6.45) is 4.70. The fourth-order valence-corrected chi connectivity index (χ4v) is 4.96. The zero-order chi connectivity index (χ0) is 13.0. The van der Waals surface area contributed by atoms with E-state index in [0.29, 0.717) is 22.7 Å². The molecule has 5 heteroatoms. The fraction of sp³-hybridized carbons (Fsp3) is 0.846. The van der Waals surface area contributed by atoms with Crippen LogP contribution in [0.3, 0.4) is 0 Å². The predicted octanol–water partition coefficient (Wildman–Crippen LogP) is 1.05. The van der Waals surface area contributed by atoms with Crippen molar-refractivity contribution in [2.45, 2.75) is 44.1 Å². The smallest absolute Gasteiger partial charge is 0.316 e. The Morgan fingerprint density at radius 1 is 1.22 bits per heavy atom. The van der Waals surface area contributed by atoms with E-state index in [1.54, 1.807) is 0 Å². The van der Waals surface area contributed by atoms with E-state index in [1.165, 1.54) is 0 Å². The lowest BCUT2D eigenvalue weighted by Gasteiger charge is -2.61. The Bertz CT molecular complexity index is 392. The molecule has 2 atom stereocenters. The highest BCUT2D eigenvalue weighted by Crippen LogP contribution is 2.62. The van der Waals surface area contributed by atoms with Crippen molar-refractivity contribution in [1.82, 2.24) is 0 Å². The summed E-state index contributed by atoms with van der Waals surface area (Å²) in [5, 5.41) is 11.5. The summed E-state index contributed by atoms with van der Waals surface area (Å²) in [4.78, 5) is 23.1. The quantitative estimate of drug-likeness (QED) is 0.427. The summed E-state index contributed by atoms with van der Waals surface area (Å²) in [5.74, 6) is -0.366. The first-order valence-electron chi connectivity index (χ1n) is 6.46. The van der Waals surface area contributed by atoms with Crippen molar-refractivity contribution in [2.75, 3.05) is 4.43 Å². The molecule has 4 nitrogen and oxygen atoms in total. The molecule has 0 aliphatic heterocycles. The Hall–Kier alpha value is -0.330. The number of hydrogen-bond donors (Lipinski definition) is 0. The van der Waals surface area contributed by atoms with Gasteiger partial charge in [-0.2, -0.15) is 0 Å². The molecule has 4 rings (SSSR count). The van der Waals surface area contributed by atoms with Gasteiger partial charge in [-0.15, -0.1) is 0 Å². The standard InChI is InChI=1S/C13H17IO4/c14-6-10(15)18-13-4-8-1-9(5-13)3-12(2-8,7-13)11(16)17/h8-9H,1-7H2,(H,16,17)/p-1. The van der Waals surface area contributed by atoms with Crippen molar-refractivity contribution in [3.8, 4) is 0 Å². The second-order valence-corrected chi connectivity index (χ2v) is 7.08. The highest BCUT2D eigenvalue weighted by Gasteiger charge is 2.60. The minimum atomic E-state index is -0.938. The third-order valence-corrected chi connectivity index (χ3v) is 5.50. The van der Waals surface area contributed by atoms with Crippen LogP contribution >= 0.6 is 22.6 Å². The third-order valence-electron chi connectivity index (χ3n) is 4.88. The van der Waals surface area contributed by atoms with Crippen LogP contribution in [0.1, 0.15) is 38.5 Å². The summed E-state index contributed by atoms with van der Waals surface area (Å²) in [6.45, 7) is 0. The van der Waals surface area contributed by atoms with Gasteiger partial charge in [0.25, 0.3) is 0 Å². The van der Waals surface area contributed by atoms with Crippen LogP contribution in [0, 0.1) is 17.3 Å². The molecule has 18 heavy (non-hydrogen) atoms. The van der Waals surface area contributed by atoms with Crippen LogP contribution in [0.15, 0.2) is 0 Å². The molecular formula is C13H16IO4-. The number of hydrogen-bond acceptors (Lipinski definition) is 4. The van der Waals surface area contributed by atoms with E-state index in [9.17, 15) is 14.7 Å². The van der Waals surface area contributed by atoms with Crippen molar-refractivity contribution in [3.05, 3.63) is 0 Å². The van der Waals surface area contributed by atoms with Crippen molar-refractivity contribution in [2.24, 2.45) is 17.3 Å². The summed E-state index contributed by atoms with van der Waals surface area (Å²) < 4.78 is 5.96. The number of ether oxygens (including phenoxy) is 1. The van der Waals surface area contributed by atoms with E-state index in [0.717, 1.165) is 32.1 Å². The minimum absolute atomic E-state index is 0.217. The highest BCUT2D eigenvalue weighted by atomic mass is 127. The molecular weight excluding hydrogens is 347 g/mol. The van der Waals surface area contributed by atoms with Crippen LogP contribution in [0.2, 0.25) is 0 Å². The van der Waals surface area contributed by atoms with Gasteiger partial charge in [-0.1, -0.05) is 22.6 Å². The van der Waals surface area contributed by atoms with E-state index in [-0.39, 0.29) is 5.97 Å². The van der Waals surface area contributed by atoms with Gasteiger partial charge in [0.2, 0.25) is 0 Å². The Morgan fingerprint density at radius 3 is 2.33 bits per heavy atom. The normalized spacial score (nSPS) is 44.9. The SMILES string of the molecule is O=C(CI)OC12CC3CC(C1)CC(C(=O)[O-])(C3)C2. The maximum atomic E-state index is 11.6. The maximum absolute atomic E-state index is 11.6. The molecule has 0 aromatic heterocycles. The first kappa shape index (κ1) is 12.7. The molecule has 4 aliphatic carbocycles. The number of carbonyl (C=O) groups is 2. The summed E-state index contributed by atoms with van der Waals surface area (Å²) in [6, 6.07) is 0. The molecule has 0 N–H and O–H groups in total. The molecule has 0 amide bonds. The van der Waals surface area contributed by atoms with E-state index in [4.69, 9.17) is 4.74 Å². The summed E-state index contributed by atoms with van der Waals surface area (Å²) in [5.41, 5.74) is -1.23. The zero-order valence-electron chi connectivity index (χ0n) is 10.1. The Morgan fingerprint density at radius 2 is 1.83 bits per heavy atom. The molecule has 4 saturated carbocycles. The van der Waals surface area contributed by atoms with Crippen LogP contribution in [-0.2, 0) is 14.3 Å². The number of alkyl halides is 1. The van der Waals surface area contributed by atoms with Crippen LogP contribution in [0.5, 0.6) is 0 Å². The first-order chi connectivity index (χ1) is 8.47. The van der Waals surface area contributed by atoms with Crippen molar-refractivity contribution in [1.29, 1.82) is 0 Å². The molecule has 0 saturated heterocycles. The number of carboxylic acid groups (broad SMARTS) is 1. The average Bonchev–Trinajstić information content (AvgIpc) is 2.26. The second-order valence-electron chi connectivity index (χ2n) is 6.32. The third kappa shape index (κ3) is 1.85. The van der Waals surface area contributed by atoms with E-state index in [2.05, 4.69) is 0 Å². The Kier molecular flexibility index (Phi) is 2.88. The maximum Gasteiger partial charge on any atom is 0.316 e. The van der Waals surface area contributed by atoms with Gasteiger partial charge in [-0.05, 0) is 50.4 Å². The van der Waals surface area contributed by atoms with Gasteiger partial charge in [-0.3, -0.25) is 4.79 Å². The monoisotopic (exact) mass is 363 g/mol. The number of rotatable bonds is 3. The number of aliphatic carboxylic acids is 1. The molecule has 100 valence electrons. The van der Waals surface area contributed by atoms with Gasteiger partial charge in [0.15, 0.2) is 0 Å². The van der Waals surface area contributed by atoms with Gasteiger partial charge < -0.3 is 14.6 Å². The fourth-order valence-electron chi connectivity index (χ4n) is 4.81. The average molecular weight is 363 g/mol. The van der Waals surface area contributed by atoms with Gasteiger partial charge in [-0.25, -0.2) is 0 Å². The highest BCUT2D eigenvalue weighted by molar-refractivity contribution is 14.1. The van der Waals surface area contributed by atoms with Crippen molar-refractivity contribution in [3.63, 3.8) is 0 Å². The van der Waals surface area contributed by atoms with Gasteiger partial charge in [0.1, 0.15) is 5.60 Å². The zero-order valence-corrected chi connectivity index (χ0v) is 12.3. The number of carboxylic acids is 1. The van der Waals surface area contributed by atoms with Gasteiger partial charge >= 0.3 is 5.97 Å². The number of esters is 1. The van der Waals surface area contributed by atoms with Gasteiger partial charge in [0.05, 0.1) is 4.43 Å². The topological polar surface area (TPSA) is 66.4 Å². The number of halogens is 1. The largest absolute Gasteiger partial charge is 0.550 e. The molecule has 2 unspecified atom stereocenters. The molecule has 0 aromatic rings. The van der Waals surface area contributed by atoms with Crippen LogP contribution < -0.4 is 5.11 Å². The molecule has 4 aliphatic rings. The first-order valence-corrected chi connectivity index (χ1v) is 7.99. The van der Waals surface area contributed by atoms with Crippen LogP contribution in [0.4, 0.5) is 0 Å². The molecule has 0 heterocycles. The van der Waals surface area contributed by atoms with Gasteiger partial charge in [0, 0.05) is 11.4 Å². The molecule has 4 fully saturated rings. The Balaban J connectivity index is 1.89. The Labute approximate surface area is 120 Å². The number of carbonyl (C=O) groups excluding carboxylic acids is 2. The van der Waals surface area contributed by atoms with E-state index >= 15 is 0 Å². The van der Waals surface area contributed by atoms with Crippen molar-refractivity contribution >= 4 is 34.5 Å². The molecule has 0 aromatic carbocycles. The summed E-state index contributed by atoms with van der Waals surface area (Å²) >= 11 is 1.99. The predicted molar refractivity (Wildman–Crippen MR) is 69.8 cm³/mol. The summed E-state index contributed by atoms with van der Waals surface area (Å²) in [7, 11) is 0. The molecule has 0 spiro atoms. The van der Waals surface area contributed by atoms with Crippen molar-refractivity contribution < 1.29 is 19.4 Å². The van der Waals surface area contributed by atoms with E-state index in [1.807, 2.05) is 22.6 Å². The molecule has 4 bridgehead atoms. The lowest BCUT2D eigenvalue weighted by Crippen LogP contribution is -2.62. The molecule has 0 radical (unpaired) electrons. The van der Waals surface area contributed by atoms with E-state index < -0.39 is 17.0 Å².